The Morgan fingerprint density at radius 3 is 2.69 bits per heavy atom. The van der Waals surface area contributed by atoms with Gasteiger partial charge in [-0.3, -0.25) is 0 Å². The lowest BCUT2D eigenvalue weighted by Crippen LogP contribution is -1.79. The number of phenols is 1. The molecule has 0 aromatic heterocycles. The molecule has 1 nitrogen and oxygen atoms in total. The highest BCUT2D eigenvalue weighted by Crippen LogP contribution is 2.24. The van der Waals surface area contributed by atoms with Crippen LogP contribution in [0.2, 0.25) is 0 Å². The SMILES string of the molecule is [2H]c1c(O)c(C)cc2cc(C)ccc12. The van der Waals surface area contributed by atoms with Gasteiger partial charge in [0.05, 0.1) is 1.37 Å². The van der Waals surface area contributed by atoms with Crippen LogP contribution in [0.4, 0.5) is 0 Å². The molecule has 66 valence electrons. The van der Waals surface area contributed by atoms with Crippen LogP contribution in [-0.2, 0) is 0 Å². The van der Waals surface area contributed by atoms with Gasteiger partial charge in [-0.05, 0) is 42.3 Å². The van der Waals surface area contributed by atoms with E-state index in [1.165, 1.54) is 5.56 Å². The second-order valence-electron chi connectivity index (χ2n) is 3.39. The molecule has 1 heteroatoms. The summed E-state index contributed by atoms with van der Waals surface area (Å²) in [4.78, 5) is 0. The van der Waals surface area contributed by atoms with Gasteiger partial charge in [-0.2, -0.15) is 0 Å². The van der Waals surface area contributed by atoms with Gasteiger partial charge in [0.15, 0.2) is 0 Å². The summed E-state index contributed by atoms with van der Waals surface area (Å²) in [7, 11) is 0. The monoisotopic (exact) mass is 173 g/mol. The fourth-order valence-corrected chi connectivity index (χ4v) is 1.44. The zero-order chi connectivity index (χ0) is 10.3. The van der Waals surface area contributed by atoms with Crippen LogP contribution < -0.4 is 0 Å². The average Bonchev–Trinajstić information content (AvgIpc) is 2.14. The molecule has 0 saturated carbocycles. The largest absolute Gasteiger partial charge is 0.508 e. The van der Waals surface area contributed by atoms with Gasteiger partial charge in [0, 0.05) is 0 Å². The topological polar surface area (TPSA) is 20.2 Å². The van der Waals surface area contributed by atoms with Crippen molar-refractivity contribution in [1.29, 1.82) is 0 Å². The molecule has 2 aromatic carbocycles. The molecule has 13 heavy (non-hydrogen) atoms. The van der Waals surface area contributed by atoms with Crippen molar-refractivity contribution in [3.8, 4) is 5.75 Å². The molecule has 0 radical (unpaired) electrons. The zero-order valence-electron chi connectivity index (χ0n) is 8.76. The second-order valence-corrected chi connectivity index (χ2v) is 3.39. The molecule has 0 bridgehead atoms. The third-order valence-corrected chi connectivity index (χ3v) is 2.21. The second kappa shape index (κ2) is 2.77. The van der Waals surface area contributed by atoms with Crippen molar-refractivity contribution in [2.75, 3.05) is 0 Å². The Kier molecular flexibility index (Phi) is 1.48. The van der Waals surface area contributed by atoms with Crippen LogP contribution in [0.3, 0.4) is 0 Å². The molecule has 0 saturated heterocycles. The summed E-state index contributed by atoms with van der Waals surface area (Å²) in [5.41, 5.74) is 1.93. The molecule has 0 heterocycles. The maximum atomic E-state index is 9.59. The molecule has 0 aliphatic heterocycles. The Morgan fingerprint density at radius 2 is 1.92 bits per heavy atom. The number of benzene rings is 2. The predicted octanol–water partition coefficient (Wildman–Crippen LogP) is 3.16. The molecule has 0 unspecified atom stereocenters. The van der Waals surface area contributed by atoms with Gasteiger partial charge < -0.3 is 5.11 Å². The maximum absolute atomic E-state index is 9.59. The highest BCUT2D eigenvalue weighted by Gasteiger charge is 1.99. The van der Waals surface area contributed by atoms with Gasteiger partial charge in [0.2, 0.25) is 0 Å². The lowest BCUT2D eigenvalue weighted by atomic mass is 10.0. The minimum absolute atomic E-state index is 0.0846. The van der Waals surface area contributed by atoms with Gasteiger partial charge in [-0.1, -0.05) is 23.8 Å². The number of aromatic hydroxyl groups is 1. The summed E-state index contributed by atoms with van der Waals surface area (Å²) >= 11 is 0. The van der Waals surface area contributed by atoms with E-state index in [-0.39, 0.29) is 11.8 Å². The first-order valence-corrected chi connectivity index (χ1v) is 4.29. The van der Waals surface area contributed by atoms with Crippen molar-refractivity contribution in [3.05, 3.63) is 41.4 Å². The molecule has 2 aromatic rings. The van der Waals surface area contributed by atoms with Crippen LogP contribution >= 0.6 is 0 Å². The molecule has 0 amide bonds. The highest BCUT2D eigenvalue weighted by molar-refractivity contribution is 5.85. The van der Waals surface area contributed by atoms with Gasteiger partial charge in [-0.25, -0.2) is 0 Å². The van der Waals surface area contributed by atoms with Crippen molar-refractivity contribution in [2.45, 2.75) is 13.8 Å². The van der Waals surface area contributed by atoms with Crippen LogP contribution in [-0.4, -0.2) is 5.11 Å². The summed E-state index contributed by atoms with van der Waals surface area (Å²) in [6.45, 7) is 3.83. The van der Waals surface area contributed by atoms with Crippen LogP contribution in [0.15, 0.2) is 30.3 Å². The standard InChI is InChI=1S/C12H12O/c1-8-3-4-10-7-12(13)9(2)6-11(10)5-8/h3-7,13H,1-2H3/i7D. The third kappa shape index (κ3) is 1.37. The Hall–Kier alpha value is -1.50. The zero-order valence-corrected chi connectivity index (χ0v) is 7.76. The average molecular weight is 173 g/mol. The summed E-state index contributed by atoms with van der Waals surface area (Å²) in [6.07, 6.45) is 0. The first kappa shape index (κ1) is 6.96. The van der Waals surface area contributed by atoms with Crippen molar-refractivity contribution in [2.24, 2.45) is 0 Å². The first-order valence-electron chi connectivity index (χ1n) is 4.79. The molecule has 0 aliphatic carbocycles. The highest BCUT2D eigenvalue weighted by atomic mass is 16.3. The lowest BCUT2D eigenvalue weighted by molar-refractivity contribution is 0.472. The molecule has 0 fully saturated rings. The van der Waals surface area contributed by atoms with Gasteiger partial charge >= 0.3 is 0 Å². The fraction of sp³-hybridized carbons (Fsp3) is 0.167. The fourth-order valence-electron chi connectivity index (χ4n) is 1.44. The minimum Gasteiger partial charge on any atom is -0.508 e. The van der Waals surface area contributed by atoms with Crippen molar-refractivity contribution in [3.63, 3.8) is 0 Å². The third-order valence-electron chi connectivity index (χ3n) is 2.21. The molecule has 0 aliphatic rings. The van der Waals surface area contributed by atoms with Crippen LogP contribution in [0, 0.1) is 13.8 Å². The number of aryl methyl sites for hydroxylation is 2. The number of hydrogen-bond donors (Lipinski definition) is 1. The lowest BCUT2D eigenvalue weighted by Gasteiger charge is -2.03. The van der Waals surface area contributed by atoms with Gasteiger partial charge in [0.1, 0.15) is 5.75 Å². The quantitative estimate of drug-likeness (QED) is 0.648. The summed E-state index contributed by atoms with van der Waals surface area (Å²) in [6, 6.07) is 8.00. The van der Waals surface area contributed by atoms with E-state index in [0.717, 1.165) is 16.3 Å². The molecule has 2 rings (SSSR count). The Bertz CT molecular complexity index is 503. The van der Waals surface area contributed by atoms with E-state index in [4.69, 9.17) is 1.37 Å². The molecule has 0 spiro atoms. The number of fused-ring (bicyclic) bond motifs is 1. The van der Waals surface area contributed by atoms with Crippen molar-refractivity contribution >= 4 is 10.8 Å². The summed E-state index contributed by atoms with van der Waals surface area (Å²) < 4.78 is 7.75. The first-order chi connectivity index (χ1) is 6.59. The Labute approximate surface area is 79.0 Å². The molecular weight excluding hydrogens is 160 g/mol. The van der Waals surface area contributed by atoms with E-state index < -0.39 is 0 Å². The normalized spacial score (nSPS) is 11.7. The minimum atomic E-state index is 0.0846. The van der Waals surface area contributed by atoms with Crippen LogP contribution in [0.1, 0.15) is 12.5 Å². The predicted molar refractivity (Wildman–Crippen MR) is 55.1 cm³/mol. The van der Waals surface area contributed by atoms with E-state index in [2.05, 4.69) is 0 Å². The van der Waals surface area contributed by atoms with Crippen molar-refractivity contribution < 1.29 is 6.48 Å². The maximum Gasteiger partial charge on any atom is 0.119 e. The van der Waals surface area contributed by atoms with E-state index in [9.17, 15) is 5.11 Å². The summed E-state index contributed by atoms with van der Waals surface area (Å²) in [5, 5.41) is 11.4. The number of phenolic OH excluding ortho intramolecular Hbond substituents is 1. The Morgan fingerprint density at radius 1 is 1.15 bits per heavy atom. The summed E-state index contributed by atoms with van der Waals surface area (Å²) in [5.74, 6) is 0.0846. The van der Waals surface area contributed by atoms with Gasteiger partial charge in [0.25, 0.3) is 0 Å². The smallest absolute Gasteiger partial charge is 0.119 e. The van der Waals surface area contributed by atoms with Gasteiger partial charge in [-0.15, -0.1) is 0 Å². The van der Waals surface area contributed by atoms with Crippen molar-refractivity contribution in [1.82, 2.24) is 0 Å². The van der Waals surface area contributed by atoms with Crippen LogP contribution in [0.25, 0.3) is 10.8 Å². The van der Waals surface area contributed by atoms with E-state index in [0.29, 0.717) is 0 Å². The van der Waals surface area contributed by atoms with E-state index in [1.54, 1.807) is 0 Å². The number of rotatable bonds is 0. The van der Waals surface area contributed by atoms with E-state index >= 15 is 0 Å². The molecule has 0 atom stereocenters. The molecular formula is C12H12O. The number of hydrogen-bond acceptors (Lipinski definition) is 1. The Balaban J connectivity index is 2.91. The molecule has 1 N–H and O–H groups in total. The van der Waals surface area contributed by atoms with E-state index in [1.807, 2.05) is 38.1 Å². The van der Waals surface area contributed by atoms with Crippen LogP contribution in [0.5, 0.6) is 5.75 Å².